The Morgan fingerprint density at radius 3 is 2.36 bits per heavy atom. The van der Waals surface area contributed by atoms with Crippen LogP contribution in [0.3, 0.4) is 0 Å². The molecule has 0 N–H and O–H groups in total. The maximum Gasteiger partial charge on any atom is 0.341 e. The van der Waals surface area contributed by atoms with E-state index in [0.717, 1.165) is 23.4 Å². The van der Waals surface area contributed by atoms with Gasteiger partial charge in [0, 0.05) is 30.9 Å². The van der Waals surface area contributed by atoms with Crippen molar-refractivity contribution in [1.82, 2.24) is 14.7 Å². The first-order chi connectivity index (χ1) is 13.3. The summed E-state index contributed by atoms with van der Waals surface area (Å²) in [5, 5.41) is 4.27. The van der Waals surface area contributed by atoms with Gasteiger partial charge in [0.1, 0.15) is 0 Å². The normalized spacial score (nSPS) is 11.6. The number of hydrogen-bond donors (Lipinski definition) is 0. The summed E-state index contributed by atoms with van der Waals surface area (Å²) < 4.78 is 49.8. The number of aromatic nitrogens is 2. The van der Waals surface area contributed by atoms with Gasteiger partial charge in [-0.25, -0.2) is 13.1 Å². The number of carbonyl (C=O) groups excluding carboxylic acids is 1. The third-order valence-corrected chi connectivity index (χ3v) is 5.49. The molecule has 0 fully saturated rings. The summed E-state index contributed by atoms with van der Waals surface area (Å²) in [6.07, 6.45) is 3.45. The number of halogens is 2. The summed E-state index contributed by atoms with van der Waals surface area (Å²) in [4.78, 5) is 13.4. The van der Waals surface area contributed by atoms with Gasteiger partial charge >= 0.3 is 5.76 Å². The topological polar surface area (TPSA) is 72.3 Å². The van der Waals surface area contributed by atoms with Crippen molar-refractivity contribution in [2.75, 3.05) is 7.05 Å². The van der Waals surface area contributed by atoms with Crippen LogP contribution in [0.4, 0.5) is 8.78 Å². The predicted octanol–water partition coefficient (Wildman–Crippen LogP) is 3.14. The van der Waals surface area contributed by atoms with Gasteiger partial charge in [0.25, 0.3) is 5.91 Å². The van der Waals surface area contributed by atoms with E-state index in [1.165, 1.54) is 17.0 Å². The van der Waals surface area contributed by atoms with Crippen LogP contribution in [0.25, 0.3) is 5.69 Å². The summed E-state index contributed by atoms with van der Waals surface area (Å²) in [5.41, 5.74) is 1.89. The number of rotatable bonds is 6. The van der Waals surface area contributed by atoms with E-state index < -0.39 is 20.5 Å². The van der Waals surface area contributed by atoms with Gasteiger partial charge in [0.2, 0.25) is 9.84 Å². The number of para-hydroxylation sites is 1. The number of nitrogens with zero attached hydrogens (tertiary/aromatic N) is 3. The minimum Gasteiger partial charge on any atom is -0.337 e. The second-order valence-electron chi connectivity index (χ2n) is 6.12. The van der Waals surface area contributed by atoms with Crippen LogP contribution in [0.1, 0.15) is 15.9 Å². The summed E-state index contributed by atoms with van der Waals surface area (Å²) in [7, 11) is -3.09. The molecule has 2 aromatic carbocycles. The SMILES string of the molecule is CN(Cc1cnn(-c2ccccc2)c1)C(=O)c1ccc(S(=O)(=O)C(F)F)cc1. The minimum atomic E-state index is -4.68. The largest absolute Gasteiger partial charge is 0.341 e. The quantitative estimate of drug-likeness (QED) is 0.632. The van der Waals surface area contributed by atoms with Gasteiger partial charge in [0.15, 0.2) is 0 Å². The lowest BCUT2D eigenvalue weighted by molar-refractivity contribution is 0.0785. The third kappa shape index (κ3) is 4.09. The van der Waals surface area contributed by atoms with Gasteiger partial charge in [-0.1, -0.05) is 18.2 Å². The Morgan fingerprint density at radius 1 is 1.11 bits per heavy atom. The first-order valence-electron chi connectivity index (χ1n) is 8.25. The Balaban J connectivity index is 1.71. The monoisotopic (exact) mass is 405 g/mol. The van der Waals surface area contributed by atoms with Crippen LogP contribution in [0, 0.1) is 0 Å². The van der Waals surface area contributed by atoms with Crippen LogP contribution in [0.15, 0.2) is 71.9 Å². The highest BCUT2D eigenvalue weighted by Gasteiger charge is 2.26. The van der Waals surface area contributed by atoms with E-state index in [4.69, 9.17) is 0 Å². The molecule has 9 heteroatoms. The lowest BCUT2D eigenvalue weighted by atomic mass is 10.2. The van der Waals surface area contributed by atoms with Crippen molar-refractivity contribution in [3.63, 3.8) is 0 Å². The average Bonchev–Trinajstić information content (AvgIpc) is 3.16. The van der Waals surface area contributed by atoms with Crippen LogP contribution in [0.2, 0.25) is 0 Å². The molecule has 0 aliphatic heterocycles. The Hall–Kier alpha value is -3.07. The first kappa shape index (κ1) is 19.7. The molecule has 0 radical (unpaired) electrons. The zero-order valence-corrected chi connectivity index (χ0v) is 15.7. The molecule has 1 heterocycles. The number of hydrogen-bond acceptors (Lipinski definition) is 4. The Labute approximate surface area is 160 Å². The molecule has 0 aliphatic rings. The summed E-state index contributed by atoms with van der Waals surface area (Å²) in [5.74, 6) is -3.87. The second kappa shape index (κ2) is 7.89. The van der Waals surface area contributed by atoms with E-state index >= 15 is 0 Å². The predicted molar refractivity (Wildman–Crippen MR) is 99.0 cm³/mol. The molecule has 1 aromatic heterocycles. The smallest absolute Gasteiger partial charge is 0.337 e. The number of carbonyl (C=O) groups is 1. The zero-order chi connectivity index (χ0) is 20.3. The average molecular weight is 405 g/mol. The molecule has 6 nitrogen and oxygen atoms in total. The number of sulfone groups is 1. The lowest BCUT2D eigenvalue weighted by Crippen LogP contribution is -2.26. The van der Waals surface area contributed by atoms with Gasteiger partial charge in [-0.05, 0) is 36.4 Å². The second-order valence-corrected chi connectivity index (χ2v) is 8.04. The molecule has 0 saturated heterocycles. The molecular weight excluding hydrogens is 388 g/mol. The minimum absolute atomic E-state index is 0.200. The highest BCUT2D eigenvalue weighted by molar-refractivity contribution is 7.91. The molecule has 28 heavy (non-hydrogen) atoms. The molecule has 1 amide bonds. The molecule has 0 saturated carbocycles. The van der Waals surface area contributed by atoms with Crippen LogP contribution in [-0.4, -0.2) is 41.8 Å². The van der Waals surface area contributed by atoms with Gasteiger partial charge < -0.3 is 4.90 Å². The fraction of sp³-hybridized carbons (Fsp3) is 0.158. The van der Waals surface area contributed by atoms with Gasteiger partial charge in [0.05, 0.1) is 16.8 Å². The molecular formula is C19H17F2N3O3S. The Morgan fingerprint density at radius 2 is 1.75 bits per heavy atom. The maximum absolute atomic E-state index is 12.6. The van der Waals surface area contributed by atoms with Crippen LogP contribution < -0.4 is 0 Å². The van der Waals surface area contributed by atoms with Crippen molar-refractivity contribution in [2.24, 2.45) is 0 Å². The van der Waals surface area contributed by atoms with Gasteiger partial charge in [-0.3, -0.25) is 4.79 Å². The number of alkyl halides is 2. The fourth-order valence-corrected chi connectivity index (χ4v) is 3.34. The zero-order valence-electron chi connectivity index (χ0n) is 14.9. The molecule has 0 bridgehead atoms. The van der Waals surface area contributed by atoms with E-state index in [-0.39, 0.29) is 18.0 Å². The molecule has 0 atom stereocenters. The van der Waals surface area contributed by atoms with Crippen molar-refractivity contribution in [1.29, 1.82) is 0 Å². The van der Waals surface area contributed by atoms with Crippen LogP contribution >= 0.6 is 0 Å². The molecule has 0 spiro atoms. The molecule has 0 aliphatic carbocycles. The summed E-state index contributed by atoms with van der Waals surface area (Å²) >= 11 is 0. The van der Waals surface area contributed by atoms with Crippen molar-refractivity contribution in [3.05, 3.63) is 78.1 Å². The van der Waals surface area contributed by atoms with E-state index in [1.807, 2.05) is 30.3 Å². The van der Waals surface area contributed by atoms with Gasteiger partial charge in [-0.15, -0.1) is 0 Å². The number of benzene rings is 2. The highest BCUT2D eigenvalue weighted by atomic mass is 32.2. The fourth-order valence-electron chi connectivity index (χ4n) is 2.62. The first-order valence-corrected chi connectivity index (χ1v) is 9.80. The summed E-state index contributed by atoms with van der Waals surface area (Å²) in [6.45, 7) is 0.281. The van der Waals surface area contributed by atoms with E-state index in [0.29, 0.717) is 0 Å². The molecule has 3 aromatic rings. The Bertz CT molecular complexity index is 1070. The van der Waals surface area contributed by atoms with E-state index in [2.05, 4.69) is 5.10 Å². The number of amides is 1. The standard InChI is InChI=1S/C19H17F2N3O3S/c1-23(12-14-11-22-24(13-14)16-5-3-2-4-6-16)18(25)15-7-9-17(10-8-15)28(26,27)19(20)21/h2-11,13,19H,12H2,1H3. The Kier molecular flexibility index (Phi) is 5.55. The highest BCUT2D eigenvalue weighted by Crippen LogP contribution is 2.19. The molecule has 0 unspecified atom stereocenters. The molecule has 3 rings (SSSR count). The maximum atomic E-state index is 12.6. The lowest BCUT2D eigenvalue weighted by Gasteiger charge is -2.16. The molecule has 146 valence electrons. The van der Waals surface area contributed by atoms with Crippen LogP contribution in [0.5, 0.6) is 0 Å². The summed E-state index contributed by atoms with van der Waals surface area (Å²) in [6, 6.07) is 14.0. The van der Waals surface area contributed by atoms with Crippen molar-refractivity contribution < 1.29 is 22.0 Å². The third-order valence-electron chi connectivity index (χ3n) is 4.09. The van der Waals surface area contributed by atoms with Crippen molar-refractivity contribution in [3.8, 4) is 5.69 Å². The van der Waals surface area contributed by atoms with Crippen LogP contribution in [-0.2, 0) is 16.4 Å². The van der Waals surface area contributed by atoms with Gasteiger partial charge in [-0.2, -0.15) is 13.9 Å². The van der Waals surface area contributed by atoms with E-state index in [9.17, 15) is 22.0 Å². The van der Waals surface area contributed by atoms with Crippen molar-refractivity contribution in [2.45, 2.75) is 17.2 Å². The van der Waals surface area contributed by atoms with Crippen molar-refractivity contribution >= 4 is 15.7 Å². The van der Waals surface area contributed by atoms with E-state index in [1.54, 1.807) is 24.1 Å².